The molecule has 0 bridgehead atoms. The van der Waals surface area contributed by atoms with E-state index in [1.54, 1.807) is 0 Å². The van der Waals surface area contributed by atoms with E-state index in [4.69, 9.17) is 15.3 Å². The van der Waals surface area contributed by atoms with E-state index in [1.807, 2.05) is 0 Å². The molecule has 0 aliphatic rings. The maximum absolute atomic E-state index is 10.5. The molecular formula is C5H11NO4. The van der Waals surface area contributed by atoms with Gasteiger partial charge in [0.05, 0.1) is 6.54 Å². The number of amides is 1. The molecule has 0 saturated heterocycles. The van der Waals surface area contributed by atoms with Crippen LogP contribution in [0.25, 0.3) is 0 Å². The van der Waals surface area contributed by atoms with E-state index >= 15 is 0 Å². The van der Waals surface area contributed by atoms with Crippen molar-refractivity contribution in [1.82, 2.24) is 5.32 Å². The fourth-order valence-electron chi connectivity index (χ4n) is 0.340. The number of carbonyl (C=O) groups is 1. The molecule has 60 valence electrons. The van der Waals surface area contributed by atoms with Crippen LogP contribution in [0.2, 0.25) is 0 Å². The highest BCUT2D eigenvalue weighted by molar-refractivity contribution is 5.79. The van der Waals surface area contributed by atoms with Gasteiger partial charge >= 0.3 is 0 Å². The van der Waals surface area contributed by atoms with Crippen LogP contribution in [0.4, 0.5) is 0 Å². The Morgan fingerprint density at radius 3 is 2.30 bits per heavy atom. The second-order valence-corrected chi connectivity index (χ2v) is 1.90. The van der Waals surface area contributed by atoms with Crippen molar-refractivity contribution in [2.45, 2.75) is 19.3 Å². The third kappa shape index (κ3) is 4.25. The average molecular weight is 149 g/mol. The molecule has 1 atom stereocenters. The highest BCUT2D eigenvalue weighted by Gasteiger charge is 2.08. The van der Waals surface area contributed by atoms with Crippen LogP contribution < -0.4 is 5.32 Å². The Balaban J connectivity index is 3.40. The third-order valence-corrected chi connectivity index (χ3v) is 0.838. The first-order valence-corrected chi connectivity index (χ1v) is 2.86. The van der Waals surface area contributed by atoms with Crippen molar-refractivity contribution in [2.75, 3.05) is 6.54 Å². The zero-order valence-corrected chi connectivity index (χ0v) is 5.61. The molecule has 0 aliphatic carbocycles. The van der Waals surface area contributed by atoms with E-state index in [9.17, 15) is 4.79 Å². The van der Waals surface area contributed by atoms with Crippen LogP contribution >= 0.6 is 0 Å². The lowest BCUT2D eigenvalue weighted by Crippen LogP contribution is -2.37. The van der Waals surface area contributed by atoms with Gasteiger partial charge < -0.3 is 20.6 Å². The molecule has 5 heteroatoms. The van der Waals surface area contributed by atoms with E-state index in [-0.39, 0.29) is 6.54 Å². The predicted octanol–water partition coefficient (Wildman–Crippen LogP) is -2.21. The maximum Gasteiger partial charge on any atom is 0.248 e. The number of nitrogens with one attached hydrogen (secondary N) is 1. The van der Waals surface area contributed by atoms with Gasteiger partial charge in [-0.15, -0.1) is 0 Å². The first-order valence-electron chi connectivity index (χ1n) is 2.86. The summed E-state index contributed by atoms with van der Waals surface area (Å²) in [5.74, 6) is -0.617. The van der Waals surface area contributed by atoms with Crippen LogP contribution in [0.15, 0.2) is 0 Å². The lowest BCUT2D eigenvalue weighted by atomic mass is 10.4. The molecule has 0 aromatic carbocycles. The van der Waals surface area contributed by atoms with Crippen LogP contribution in [-0.2, 0) is 4.79 Å². The number of rotatable bonds is 3. The van der Waals surface area contributed by atoms with Crippen molar-refractivity contribution >= 4 is 5.91 Å². The molecule has 0 saturated carbocycles. The van der Waals surface area contributed by atoms with Gasteiger partial charge in [0.2, 0.25) is 5.91 Å². The zero-order chi connectivity index (χ0) is 8.15. The Kier molecular flexibility index (Phi) is 3.94. The summed E-state index contributed by atoms with van der Waals surface area (Å²) < 4.78 is 0. The molecule has 0 heterocycles. The normalized spacial score (nSPS) is 13.3. The molecule has 0 aromatic rings. The molecule has 5 nitrogen and oxygen atoms in total. The molecule has 0 aliphatic heterocycles. The van der Waals surface area contributed by atoms with Gasteiger partial charge in [0.25, 0.3) is 0 Å². The summed E-state index contributed by atoms with van der Waals surface area (Å²) in [5, 5.41) is 27.1. The van der Waals surface area contributed by atoms with Crippen molar-refractivity contribution in [3.05, 3.63) is 0 Å². The van der Waals surface area contributed by atoms with Gasteiger partial charge in [-0.3, -0.25) is 4.79 Å². The summed E-state index contributed by atoms with van der Waals surface area (Å²) >= 11 is 0. The first kappa shape index (κ1) is 9.35. The number of aliphatic hydroxyl groups excluding tert-OH is 2. The van der Waals surface area contributed by atoms with Gasteiger partial charge in [-0.2, -0.15) is 0 Å². The largest absolute Gasteiger partial charge is 0.384 e. The Labute approximate surface area is 58.3 Å². The highest BCUT2D eigenvalue weighted by atomic mass is 16.5. The summed E-state index contributed by atoms with van der Waals surface area (Å²) in [6.07, 6.45) is -2.68. The second kappa shape index (κ2) is 4.21. The van der Waals surface area contributed by atoms with E-state index in [0.717, 1.165) is 0 Å². The van der Waals surface area contributed by atoms with Gasteiger partial charge in [-0.05, 0) is 6.92 Å². The molecular weight excluding hydrogens is 138 g/mol. The van der Waals surface area contributed by atoms with E-state index in [0.29, 0.717) is 0 Å². The van der Waals surface area contributed by atoms with Crippen molar-refractivity contribution in [2.24, 2.45) is 0 Å². The Hall–Kier alpha value is -0.650. The maximum atomic E-state index is 10.5. The topological polar surface area (TPSA) is 89.8 Å². The number of hydrogen-bond donors (Lipinski definition) is 4. The molecule has 0 fully saturated rings. The van der Waals surface area contributed by atoms with Gasteiger partial charge in [0, 0.05) is 0 Å². The van der Waals surface area contributed by atoms with Crippen molar-refractivity contribution in [3.63, 3.8) is 0 Å². The monoisotopic (exact) mass is 149 g/mol. The number of hydrogen-bond acceptors (Lipinski definition) is 4. The average Bonchev–Trinajstić information content (AvgIpc) is 1.82. The van der Waals surface area contributed by atoms with Gasteiger partial charge in [0.1, 0.15) is 6.10 Å². The van der Waals surface area contributed by atoms with Crippen molar-refractivity contribution < 1.29 is 20.1 Å². The van der Waals surface area contributed by atoms with E-state index in [1.165, 1.54) is 6.92 Å². The van der Waals surface area contributed by atoms with Gasteiger partial charge in [-0.1, -0.05) is 0 Å². The fourth-order valence-corrected chi connectivity index (χ4v) is 0.340. The summed E-state index contributed by atoms with van der Waals surface area (Å²) in [6.45, 7) is 1.03. The molecule has 1 amide bonds. The minimum atomic E-state index is -1.57. The van der Waals surface area contributed by atoms with Gasteiger partial charge in [-0.25, -0.2) is 0 Å². The Morgan fingerprint density at radius 1 is 1.50 bits per heavy atom. The zero-order valence-electron chi connectivity index (χ0n) is 5.61. The number of carbonyl (C=O) groups excluding carboxylic acids is 1. The summed E-state index contributed by atoms with van der Waals surface area (Å²) in [5.41, 5.74) is 0. The standard InChI is InChI=1S/C5H11NO4/c1-3(7)5(10)6-2-4(8)9/h3-4,7-9H,2H2,1H3,(H,6,10)/t3-/m1/s1. The summed E-state index contributed by atoms with van der Waals surface area (Å²) in [6, 6.07) is 0. The second-order valence-electron chi connectivity index (χ2n) is 1.90. The molecule has 0 aromatic heterocycles. The minimum Gasteiger partial charge on any atom is -0.384 e. The first-order chi connectivity index (χ1) is 4.54. The highest BCUT2D eigenvalue weighted by Crippen LogP contribution is 1.78. The van der Waals surface area contributed by atoms with E-state index in [2.05, 4.69) is 5.32 Å². The van der Waals surface area contributed by atoms with Crippen LogP contribution in [0.3, 0.4) is 0 Å². The van der Waals surface area contributed by atoms with Crippen molar-refractivity contribution in [1.29, 1.82) is 0 Å². The minimum absolute atomic E-state index is 0.260. The Bertz CT molecular complexity index is 112. The molecule has 0 spiro atoms. The summed E-state index contributed by atoms with van der Waals surface area (Å²) in [7, 11) is 0. The Morgan fingerprint density at radius 2 is 2.00 bits per heavy atom. The lowest BCUT2D eigenvalue weighted by Gasteiger charge is -2.07. The molecule has 4 N–H and O–H groups in total. The predicted molar refractivity (Wildman–Crippen MR) is 32.9 cm³/mol. The lowest BCUT2D eigenvalue weighted by molar-refractivity contribution is -0.130. The number of aliphatic hydroxyl groups is 3. The molecule has 0 radical (unpaired) electrons. The van der Waals surface area contributed by atoms with E-state index < -0.39 is 18.3 Å². The fraction of sp³-hybridized carbons (Fsp3) is 0.800. The van der Waals surface area contributed by atoms with Crippen LogP contribution in [0.5, 0.6) is 0 Å². The van der Waals surface area contributed by atoms with Gasteiger partial charge in [0.15, 0.2) is 6.29 Å². The van der Waals surface area contributed by atoms with Crippen LogP contribution in [0.1, 0.15) is 6.92 Å². The quantitative estimate of drug-likeness (QED) is 0.343. The SMILES string of the molecule is C[C@@H](O)C(=O)NCC(O)O. The third-order valence-electron chi connectivity index (χ3n) is 0.838. The molecule has 0 unspecified atom stereocenters. The van der Waals surface area contributed by atoms with Crippen LogP contribution in [0, 0.1) is 0 Å². The smallest absolute Gasteiger partial charge is 0.248 e. The molecule has 10 heavy (non-hydrogen) atoms. The van der Waals surface area contributed by atoms with Crippen molar-refractivity contribution in [3.8, 4) is 0 Å². The van der Waals surface area contributed by atoms with Crippen LogP contribution in [-0.4, -0.2) is 40.2 Å². The molecule has 0 rings (SSSR count). The summed E-state index contributed by atoms with van der Waals surface area (Å²) in [4.78, 5) is 10.5.